The average Bonchev–Trinajstić information content (AvgIpc) is 2.46. The van der Waals surface area contributed by atoms with Crippen molar-refractivity contribution in [3.05, 3.63) is 70.3 Å². The first-order chi connectivity index (χ1) is 9.16. The lowest BCUT2D eigenvalue weighted by molar-refractivity contribution is -0.384. The second-order valence-corrected chi connectivity index (χ2v) is 3.95. The predicted molar refractivity (Wildman–Crippen MR) is 75.5 cm³/mol. The van der Waals surface area contributed by atoms with Gasteiger partial charge in [0.15, 0.2) is 0 Å². The van der Waals surface area contributed by atoms with E-state index >= 15 is 0 Å². The summed E-state index contributed by atoms with van der Waals surface area (Å²) in [7, 11) is 1.84. The normalized spacial score (nSPS) is 10.6. The molecule has 5 heteroatoms. The van der Waals surface area contributed by atoms with Gasteiger partial charge in [-0.25, -0.2) is 0 Å². The standard InChI is InChI=1S/C14H13N3O2/c1-16(13-5-3-2-4-6-13)15-11-12-7-9-14(10-8-12)17(18)19/h2-11H,1H3/b15-11-. The highest BCUT2D eigenvalue weighted by Crippen LogP contribution is 2.13. The fraction of sp³-hybridized carbons (Fsp3) is 0.0714. The highest BCUT2D eigenvalue weighted by molar-refractivity contribution is 5.80. The summed E-state index contributed by atoms with van der Waals surface area (Å²) in [5.41, 5.74) is 1.86. The van der Waals surface area contributed by atoms with Gasteiger partial charge in [0, 0.05) is 19.2 Å². The minimum atomic E-state index is -0.420. The number of hydrogen-bond donors (Lipinski definition) is 0. The minimum Gasteiger partial charge on any atom is -0.269 e. The van der Waals surface area contributed by atoms with Crippen LogP contribution in [-0.4, -0.2) is 18.2 Å². The van der Waals surface area contributed by atoms with Crippen LogP contribution >= 0.6 is 0 Å². The maximum absolute atomic E-state index is 10.5. The molecular weight excluding hydrogens is 242 g/mol. The van der Waals surface area contributed by atoms with Crippen LogP contribution in [0.2, 0.25) is 0 Å². The lowest BCUT2D eigenvalue weighted by Gasteiger charge is -2.11. The molecule has 0 fully saturated rings. The highest BCUT2D eigenvalue weighted by Gasteiger charge is 2.02. The fourth-order valence-electron chi connectivity index (χ4n) is 1.55. The van der Waals surface area contributed by atoms with Crippen molar-refractivity contribution in [1.82, 2.24) is 0 Å². The molecule has 0 bridgehead atoms. The van der Waals surface area contributed by atoms with Gasteiger partial charge in [-0.15, -0.1) is 0 Å². The van der Waals surface area contributed by atoms with Gasteiger partial charge < -0.3 is 0 Å². The quantitative estimate of drug-likeness (QED) is 0.479. The zero-order valence-electron chi connectivity index (χ0n) is 10.4. The van der Waals surface area contributed by atoms with Crippen LogP contribution in [0.15, 0.2) is 59.7 Å². The number of nitro groups is 1. The molecule has 0 N–H and O–H groups in total. The van der Waals surface area contributed by atoms with Crippen molar-refractivity contribution < 1.29 is 4.92 Å². The second kappa shape index (κ2) is 5.77. The zero-order chi connectivity index (χ0) is 13.7. The maximum Gasteiger partial charge on any atom is 0.269 e. The summed E-state index contributed by atoms with van der Waals surface area (Å²) in [6.45, 7) is 0. The summed E-state index contributed by atoms with van der Waals surface area (Å²) in [5, 5.41) is 16.5. The first-order valence-corrected chi connectivity index (χ1v) is 5.74. The maximum atomic E-state index is 10.5. The van der Waals surface area contributed by atoms with E-state index in [1.165, 1.54) is 12.1 Å². The number of hydrazone groups is 1. The topological polar surface area (TPSA) is 58.7 Å². The summed E-state index contributed by atoms with van der Waals surface area (Å²) in [6.07, 6.45) is 1.66. The molecular formula is C14H13N3O2. The zero-order valence-corrected chi connectivity index (χ0v) is 10.4. The molecule has 0 amide bonds. The molecule has 0 aromatic heterocycles. The van der Waals surface area contributed by atoms with Crippen molar-refractivity contribution in [2.45, 2.75) is 0 Å². The van der Waals surface area contributed by atoms with E-state index in [1.54, 1.807) is 23.4 Å². The summed E-state index contributed by atoms with van der Waals surface area (Å²) in [4.78, 5) is 10.1. The molecule has 2 rings (SSSR count). The van der Waals surface area contributed by atoms with Gasteiger partial charge in [0.2, 0.25) is 0 Å². The number of nitro benzene ring substituents is 1. The Labute approximate surface area is 110 Å². The minimum absolute atomic E-state index is 0.0774. The lowest BCUT2D eigenvalue weighted by atomic mass is 10.2. The van der Waals surface area contributed by atoms with Crippen molar-refractivity contribution in [2.75, 3.05) is 12.1 Å². The van der Waals surface area contributed by atoms with Crippen LogP contribution in [0, 0.1) is 10.1 Å². The Balaban J connectivity index is 2.08. The van der Waals surface area contributed by atoms with E-state index in [4.69, 9.17) is 0 Å². The van der Waals surface area contributed by atoms with E-state index in [2.05, 4.69) is 5.10 Å². The summed E-state index contributed by atoms with van der Waals surface area (Å²) >= 11 is 0. The molecule has 96 valence electrons. The number of hydrogen-bond acceptors (Lipinski definition) is 4. The lowest BCUT2D eigenvalue weighted by Crippen LogP contribution is -2.08. The second-order valence-electron chi connectivity index (χ2n) is 3.95. The third-order valence-corrected chi connectivity index (χ3v) is 2.61. The Bertz CT molecular complexity index is 579. The molecule has 0 saturated carbocycles. The monoisotopic (exact) mass is 255 g/mol. The molecule has 19 heavy (non-hydrogen) atoms. The first kappa shape index (κ1) is 12.8. The van der Waals surface area contributed by atoms with Crippen LogP contribution in [-0.2, 0) is 0 Å². The van der Waals surface area contributed by atoms with E-state index in [1.807, 2.05) is 37.4 Å². The number of para-hydroxylation sites is 1. The van der Waals surface area contributed by atoms with Gasteiger partial charge in [0.25, 0.3) is 5.69 Å². The molecule has 0 aliphatic rings. The van der Waals surface area contributed by atoms with Crippen LogP contribution in [0.25, 0.3) is 0 Å². The summed E-state index contributed by atoms with van der Waals surface area (Å²) in [6, 6.07) is 16.0. The molecule has 0 heterocycles. The summed E-state index contributed by atoms with van der Waals surface area (Å²) in [5.74, 6) is 0. The third kappa shape index (κ3) is 3.38. The molecule has 0 aliphatic heterocycles. The molecule has 2 aromatic rings. The molecule has 5 nitrogen and oxygen atoms in total. The van der Waals surface area contributed by atoms with E-state index in [0.717, 1.165) is 11.3 Å². The molecule has 0 aliphatic carbocycles. The Hall–Kier alpha value is -2.69. The SMILES string of the molecule is CN(/N=C\c1ccc([N+](=O)[O-])cc1)c1ccccc1. The number of non-ortho nitro benzene ring substituents is 1. The predicted octanol–water partition coefficient (Wildman–Crippen LogP) is 3.07. The molecule has 0 spiro atoms. The van der Waals surface area contributed by atoms with E-state index in [-0.39, 0.29) is 5.69 Å². The molecule has 2 aromatic carbocycles. The fourth-order valence-corrected chi connectivity index (χ4v) is 1.55. The van der Waals surface area contributed by atoms with Gasteiger partial charge in [-0.1, -0.05) is 18.2 Å². The van der Waals surface area contributed by atoms with Gasteiger partial charge in [-0.05, 0) is 29.8 Å². The van der Waals surface area contributed by atoms with Crippen molar-refractivity contribution >= 4 is 17.6 Å². The number of benzene rings is 2. The van der Waals surface area contributed by atoms with Crippen LogP contribution < -0.4 is 5.01 Å². The van der Waals surface area contributed by atoms with Crippen LogP contribution in [0.5, 0.6) is 0 Å². The van der Waals surface area contributed by atoms with Crippen molar-refractivity contribution in [3.63, 3.8) is 0 Å². The molecule has 0 radical (unpaired) electrons. The van der Waals surface area contributed by atoms with Gasteiger partial charge in [-0.2, -0.15) is 5.10 Å². The average molecular weight is 255 g/mol. The Morgan fingerprint density at radius 2 is 1.74 bits per heavy atom. The van der Waals surface area contributed by atoms with E-state index < -0.39 is 4.92 Å². The Morgan fingerprint density at radius 1 is 1.11 bits per heavy atom. The highest BCUT2D eigenvalue weighted by atomic mass is 16.6. The van der Waals surface area contributed by atoms with E-state index in [9.17, 15) is 10.1 Å². The van der Waals surface area contributed by atoms with Gasteiger partial charge >= 0.3 is 0 Å². The van der Waals surface area contributed by atoms with Crippen LogP contribution in [0.1, 0.15) is 5.56 Å². The molecule has 0 saturated heterocycles. The van der Waals surface area contributed by atoms with Crippen molar-refractivity contribution in [2.24, 2.45) is 5.10 Å². The van der Waals surface area contributed by atoms with Gasteiger partial charge in [0.1, 0.15) is 0 Å². The largest absolute Gasteiger partial charge is 0.269 e. The van der Waals surface area contributed by atoms with Gasteiger partial charge in [-0.3, -0.25) is 15.1 Å². The molecule has 0 atom stereocenters. The number of rotatable bonds is 4. The number of anilines is 1. The summed E-state index contributed by atoms with van der Waals surface area (Å²) < 4.78 is 0. The Kier molecular flexibility index (Phi) is 3.87. The van der Waals surface area contributed by atoms with Crippen LogP contribution in [0.4, 0.5) is 11.4 Å². The van der Waals surface area contributed by atoms with Gasteiger partial charge in [0.05, 0.1) is 16.8 Å². The van der Waals surface area contributed by atoms with Crippen molar-refractivity contribution in [1.29, 1.82) is 0 Å². The third-order valence-electron chi connectivity index (χ3n) is 2.61. The first-order valence-electron chi connectivity index (χ1n) is 5.74. The van der Waals surface area contributed by atoms with E-state index in [0.29, 0.717) is 0 Å². The Morgan fingerprint density at radius 3 is 2.32 bits per heavy atom. The smallest absolute Gasteiger partial charge is 0.269 e. The van der Waals surface area contributed by atoms with Crippen molar-refractivity contribution in [3.8, 4) is 0 Å². The van der Waals surface area contributed by atoms with Crippen LogP contribution in [0.3, 0.4) is 0 Å². The molecule has 0 unspecified atom stereocenters. The number of nitrogens with zero attached hydrogens (tertiary/aromatic N) is 3.